The number of nitrogens with one attached hydrogen (secondary N) is 1. The van der Waals surface area contributed by atoms with Gasteiger partial charge in [-0.25, -0.2) is 0 Å². The highest BCUT2D eigenvalue weighted by molar-refractivity contribution is 5.80. The number of aliphatic hydroxyl groups is 2. The van der Waals surface area contributed by atoms with Crippen molar-refractivity contribution in [1.82, 2.24) is 5.32 Å². The molecule has 2 rings (SSSR count). The summed E-state index contributed by atoms with van der Waals surface area (Å²) in [4.78, 5) is 11.9. The first-order valence-electron chi connectivity index (χ1n) is 6.70. The number of nitrogens with two attached hydrogens (primary N) is 1. The lowest BCUT2D eigenvalue weighted by Gasteiger charge is -2.15. The molecule has 5 nitrogen and oxygen atoms in total. The summed E-state index contributed by atoms with van der Waals surface area (Å²) in [5, 5.41) is 22.0. The zero-order valence-corrected chi connectivity index (χ0v) is 11.1. The topological polar surface area (TPSA) is 95.6 Å². The van der Waals surface area contributed by atoms with Crippen molar-refractivity contribution in [2.75, 3.05) is 6.54 Å². The Morgan fingerprint density at radius 2 is 2.00 bits per heavy atom. The number of hydrogen-bond acceptors (Lipinski definition) is 4. The minimum absolute atomic E-state index is 0.276. The second-order valence-electron chi connectivity index (χ2n) is 5.05. The van der Waals surface area contributed by atoms with E-state index in [4.69, 9.17) is 5.73 Å². The summed E-state index contributed by atoms with van der Waals surface area (Å²) in [7, 11) is 0. The molecule has 0 saturated heterocycles. The standard InChI is InChI=1S/C15H20N2O3/c16-12-9-11(13(18)14(12)19)15(20)17-8-4-7-10-5-2-1-3-6-10/h1-7,11-14,18-19H,8-9,16H2,(H,17,20)/b7-4+/t11-,12+,13+,14-/m0/s1. The third-order valence-electron chi connectivity index (χ3n) is 3.57. The van der Waals surface area contributed by atoms with E-state index < -0.39 is 24.2 Å². The minimum Gasteiger partial charge on any atom is -0.390 e. The van der Waals surface area contributed by atoms with Gasteiger partial charge in [-0.3, -0.25) is 4.79 Å². The van der Waals surface area contributed by atoms with Crippen molar-refractivity contribution in [2.24, 2.45) is 11.7 Å². The largest absolute Gasteiger partial charge is 0.390 e. The Balaban J connectivity index is 1.80. The van der Waals surface area contributed by atoms with E-state index in [9.17, 15) is 15.0 Å². The molecular formula is C15H20N2O3. The Morgan fingerprint density at radius 1 is 1.30 bits per heavy atom. The molecule has 5 heteroatoms. The lowest BCUT2D eigenvalue weighted by atomic mass is 10.0. The molecule has 0 aromatic heterocycles. The fourth-order valence-electron chi connectivity index (χ4n) is 2.38. The Kier molecular flexibility index (Phi) is 4.89. The summed E-state index contributed by atoms with van der Waals surface area (Å²) in [6.45, 7) is 0.377. The summed E-state index contributed by atoms with van der Waals surface area (Å²) in [5.41, 5.74) is 6.68. The molecule has 20 heavy (non-hydrogen) atoms. The van der Waals surface area contributed by atoms with Gasteiger partial charge in [0.15, 0.2) is 0 Å². The van der Waals surface area contributed by atoms with Crippen LogP contribution in [0.5, 0.6) is 0 Å². The molecule has 1 aliphatic carbocycles. The third kappa shape index (κ3) is 3.45. The van der Waals surface area contributed by atoms with E-state index >= 15 is 0 Å². The van der Waals surface area contributed by atoms with Gasteiger partial charge in [-0.05, 0) is 12.0 Å². The van der Waals surface area contributed by atoms with Gasteiger partial charge in [0, 0.05) is 12.6 Å². The van der Waals surface area contributed by atoms with E-state index in [1.807, 2.05) is 42.5 Å². The van der Waals surface area contributed by atoms with Crippen LogP contribution in [0.3, 0.4) is 0 Å². The van der Waals surface area contributed by atoms with Gasteiger partial charge in [-0.1, -0.05) is 42.5 Å². The first-order valence-corrected chi connectivity index (χ1v) is 6.70. The van der Waals surface area contributed by atoms with E-state index in [-0.39, 0.29) is 5.91 Å². The van der Waals surface area contributed by atoms with E-state index in [0.29, 0.717) is 13.0 Å². The summed E-state index contributed by atoms with van der Waals surface area (Å²) in [5.74, 6) is -0.910. The van der Waals surface area contributed by atoms with Crippen molar-refractivity contribution in [3.05, 3.63) is 42.0 Å². The Morgan fingerprint density at radius 3 is 2.60 bits per heavy atom. The van der Waals surface area contributed by atoms with Gasteiger partial charge < -0.3 is 21.3 Å². The average molecular weight is 276 g/mol. The van der Waals surface area contributed by atoms with Crippen LogP contribution in [-0.2, 0) is 4.79 Å². The predicted molar refractivity (Wildman–Crippen MR) is 76.6 cm³/mol. The number of benzene rings is 1. The smallest absolute Gasteiger partial charge is 0.226 e. The molecule has 0 aliphatic heterocycles. The maximum atomic E-state index is 11.9. The van der Waals surface area contributed by atoms with Gasteiger partial charge in [0.2, 0.25) is 5.91 Å². The van der Waals surface area contributed by atoms with Crippen LogP contribution in [0.15, 0.2) is 36.4 Å². The van der Waals surface area contributed by atoms with Crippen molar-refractivity contribution >= 4 is 12.0 Å². The third-order valence-corrected chi connectivity index (χ3v) is 3.57. The van der Waals surface area contributed by atoms with Crippen LogP contribution in [0.4, 0.5) is 0 Å². The van der Waals surface area contributed by atoms with E-state index in [1.54, 1.807) is 0 Å². The molecule has 1 aliphatic rings. The van der Waals surface area contributed by atoms with E-state index in [2.05, 4.69) is 5.32 Å². The summed E-state index contributed by atoms with van der Waals surface area (Å²) in [6, 6.07) is 9.21. The lowest BCUT2D eigenvalue weighted by molar-refractivity contribution is -0.128. The molecule has 0 radical (unpaired) electrons. The monoisotopic (exact) mass is 276 g/mol. The van der Waals surface area contributed by atoms with Crippen molar-refractivity contribution in [3.8, 4) is 0 Å². The molecule has 0 bridgehead atoms. The molecular weight excluding hydrogens is 256 g/mol. The van der Waals surface area contributed by atoms with Crippen LogP contribution in [0.1, 0.15) is 12.0 Å². The quantitative estimate of drug-likeness (QED) is 0.617. The zero-order valence-electron chi connectivity index (χ0n) is 11.1. The second kappa shape index (κ2) is 6.65. The van der Waals surface area contributed by atoms with Crippen molar-refractivity contribution in [3.63, 3.8) is 0 Å². The molecule has 1 aromatic rings. The highest BCUT2D eigenvalue weighted by Crippen LogP contribution is 2.25. The molecule has 0 heterocycles. The van der Waals surface area contributed by atoms with Crippen molar-refractivity contribution in [2.45, 2.75) is 24.7 Å². The van der Waals surface area contributed by atoms with Crippen LogP contribution < -0.4 is 11.1 Å². The van der Waals surface area contributed by atoms with Gasteiger partial charge in [0.1, 0.15) is 0 Å². The average Bonchev–Trinajstić information content (AvgIpc) is 2.72. The summed E-state index contributed by atoms with van der Waals surface area (Å²) in [6.07, 6.45) is 1.95. The highest BCUT2D eigenvalue weighted by atomic mass is 16.3. The molecule has 1 fully saturated rings. The molecule has 1 saturated carbocycles. The van der Waals surface area contributed by atoms with Crippen LogP contribution >= 0.6 is 0 Å². The first-order chi connectivity index (χ1) is 9.59. The maximum Gasteiger partial charge on any atom is 0.226 e. The van der Waals surface area contributed by atoms with Crippen LogP contribution in [-0.4, -0.2) is 40.9 Å². The minimum atomic E-state index is -1.08. The molecule has 0 unspecified atom stereocenters. The number of rotatable bonds is 4. The summed E-state index contributed by atoms with van der Waals surface area (Å²) < 4.78 is 0. The molecule has 1 aromatic carbocycles. The highest BCUT2D eigenvalue weighted by Gasteiger charge is 2.43. The first kappa shape index (κ1) is 14.7. The molecule has 0 spiro atoms. The van der Waals surface area contributed by atoms with Gasteiger partial charge >= 0.3 is 0 Å². The molecule has 5 N–H and O–H groups in total. The SMILES string of the molecule is N[C@@H]1C[C@H](C(=O)NC/C=C/c2ccccc2)[C@@H](O)[C@H]1O. The molecule has 108 valence electrons. The Labute approximate surface area is 118 Å². The maximum absolute atomic E-state index is 11.9. The normalized spacial score (nSPS) is 29.8. The number of hydrogen-bond donors (Lipinski definition) is 4. The summed E-state index contributed by atoms with van der Waals surface area (Å²) >= 11 is 0. The van der Waals surface area contributed by atoms with Crippen LogP contribution in [0, 0.1) is 5.92 Å². The van der Waals surface area contributed by atoms with E-state index in [0.717, 1.165) is 5.56 Å². The number of carbonyl (C=O) groups excluding carboxylic acids is 1. The zero-order chi connectivity index (χ0) is 14.5. The number of aliphatic hydroxyl groups excluding tert-OH is 2. The van der Waals surface area contributed by atoms with Crippen LogP contribution in [0.2, 0.25) is 0 Å². The fourth-order valence-corrected chi connectivity index (χ4v) is 2.38. The van der Waals surface area contributed by atoms with Gasteiger partial charge in [0.05, 0.1) is 18.1 Å². The van der Waals surface area contributed by atoms with Gasteiger partial charge in [0.25, 0.3) is 0 Å². The fraction of sp³-hybridized carbons (Fsp3) is 0.400. The Hall–Kier alpha value is -1.69. The van der Waals surface area contributed by atoms with E-state index in [1.165, 1.54) is 0 Å². The number of carbonyl (C=O) groups is 1. The predicted octanol–water partition coefficient (Wildman–Crippen LogP) is -0.115. The van der Waals surface area contributed by atoms with Crippen LogP contribution in [0.25, 0.3) is 6.08 Å². The lowest BCUT2D eigenvalue weighted by Crippen LogP contribution is -2.39. The Bertz CT molecular complexity index is 475. The number of amides is 1. The van der Waals surface area contributed by atoms with Gasteiger partial charge in [-0.2, -0.15) is 0 Å². The van der Waals surface area contributed by atoms with Gasteiger partial charge in [-0.15, -0.1) is 0 Å². The molecule has 4 atom stereocenters. The van der Waals surface area contributed by atoms with Crippen molar-refractivity contribution < 1.29 is 15.0 Å². The van der Waals surface area contributed by atoms with Crippen molar-refractivity contribution in [1.29, 1.82) is 0 Å². The second-order valence-corrected chi connectivity index (χ2v) is 5.05. The molecule has 1 amide bonds.